The van der Waals surface area contributed by atoms with Crippen molar-refractivity contribution in [2.24, 2.45) is 0 Å². The van der Waals surface area contributed by atoms with Crippen molar-refractivity contribution in [3.8, 4) is 28.2 Å². The molecule has 216 valence electrons. The van der Waals surface area contributed by atoms with Gasteiger partial charge in [-0.1, -0.05) is 42.5 Å². The van der Waals surface area contributed by atoms with Gasteiger partial charge in [0.2, 0.25) is 0 Å². The summed E-state index contributed by atoms with van der Waals surface area (Å²) in [6, 6.07) is 18.6. The lowest BCUT2D eigenvalue weighted by atomic mass is 10.1. The number of ether oxygens (including phenoxy) is 1. The highest BCUT2D eigenvalue weighted by molar-refractivity contribution is 7.17. The molecule has 1 fully saturated rings. The lowest BCUT2D eigenvalue weighted by molar-refractivity contribution is -0.134. The van der Waals surface area contributed by atoms with Crippen molar-refractivity contribution in [3.63, 3.8) is 0 Å². The minimum Gasteiger partial charge on any atom is -0.453 e. The number of likely N-dealkylation sites (tertiary alicyclic amines) is 1. The first kappa shape index (κ1) is 26.7. The van der Waals surface area contributed by atoms with E-state index >= 15 is 0 Å². The highest BCUT2D eigenvalue weighted by atomic mass is 32.1. The number of benzene rings is 2. The van der Waals surface area contributed by atoms with Crippen LogP contribution in [-0.2, 0) is 9.53 Å². The molecule has 1 aliphatic heterocycles. The molecule has 3 N–H and O–H groups in total. The van der Waals surface area contributed by atoms with Gasteiger partial charge < -0.3 is 29.5 Å². The van der Waals surface area contributed by atoms with Gasteiger partial charge >= 0.3 is 6.09 Å². The van der Waals surface area contributed by atoms with Crippen molar-refractivity contribution >= 4 is 33.6 Å². The molecule has 1 aliphatic rings. The van der Waals surface area contributed by atoms with E-state index in [0.717, 1.165) is 46.9 Å². The molecule has 6 aromatic rings. The Hall–Kier alpha value is -5.16. The van der Waals surface area contributed by atoms with Crippen LogP contribution in [0.3, 0.4) is 0 Å². The van der Waals surface area contributed by atoms with Gasteiger partial charge in [0.1, 0.15) is 16.7 Å². The molecule has 2 aromatic carbocycles. The fourth-order valence-electron chi connectivity index (χ4n) is 5.78. The fourth-order valence-corrected chi connectivity index (χ4v) is 6.85. The Morgan fingerprint density at radius 1 is 1.07 bits per heavy atom. The Morgan fingerprint density at radius 3 is 2.67 bits per heavy atom. The minimum atomic E-state index is -0.852. The Balaban J connectivity index is 1.11. The summed E-state index contributed by atoms with van der Waals surface area (Å²) < 4.78 is 6.99. The zero-order valence-corrected chi connectivity index (χ0v) is 24.2. The second-order valence-electron chi connectivity index (χ2n) is 10.4. The molecule has 2 atom stereocenters. The predicted molar refractivity (Wildman–Crippen MR) is 165 cm³/mol. The summed E-state index contributed by atoms with van der Waals surface area (Å²) in [5.41, 5.74) is 5.79. The van der Waals surface area contributed by atoms with E-state index < -0.39 is 12.1 Å². The van der Waals surface area contributed by atoms with E-state index in [2.05, 4.69) is 71.7 Å². The van der Waals surface area contributed by atoms with E-state index in [1.165, 1.54) is 17.3 Å². The second-order valence-corrected chi connectivity index (χ2v) is 11.3. The average molecular weight is 592 g/mol. The van der Waals surface area contributed by atoms with Gasteiger partial charge in [0, 0.05) is 34.8 Å². The van der Waals surface area contributed by atoms with Gasteiger partial charge in [0.15, 0.2) is 0 Å². The highest BCUT2D eigenvalue weighted by Gasteiger charge is 2.37. The van der Waals surface area contributed by atoms with Crippen LogP contribution in [0, 0.1) is 0 Å². The molecule has 4 aromatic heterocycles. The number of imidazole rings is 2. The number of aromatic amines is 2. The Morgan fingerprint density at radius 2 is 1.91 bits per heavy atom. The van der Waals surface area contributed by atoms with Crippen molar-refractivity contribution in [1.82, 2.24) is 34.7 Å². The standard InChI is InChI=1S/C32H29N7O3S/c1-42-32(41)37-28(21-6-3-2-4-7-21)30(40)39-14-5-8-27(39)29-34-17-25(36-29)20-9-11-22(12-10-20)38-15-13-23-24(18-43-31(23)38)26-16-33-19-35-26/h2-4,6-7,9-13,15-19,27-28H,5,8,14H2,1H3,(H,33,35)(H,34,36)(H,37,41)/t27?,28-/m1/s1. The minimum absolute atomic E-state index is 0.191. The van der Waals surface area contributed by atoms with Crippen molar-refractivity contribution in [3.05, 3.63) is 102 Å². The molecule has 0 spiro atoms. The summed E-state index contributed by atoms with van der Waals surface area (Å²) >= 11 is 1.70. The Bertz CT molecular complexity index is 1870. The van der Waals surface area contributed by atoms with Gasteiger partial charge in [-0.05, 0) is 42.2 Å². The third kappa shape index (κ3) is 4.97. The first-order chi connectivity index (χ1) is 21.1. The van der Waals surface area contributed by atoms with E-state index in [4.69, 9.17) is 4.74 Å². The molecule has 2 amide bonds. The number of fused-ring (bicyclic) bond motifs is 1. The quantitative estimate of drug-likeness (QED) is 0.203. The van der Waals surface area contributed by atoms with Crippen LogP contribution in [-0.4, -0.2) is 55.1 Å². The fraction of sp³-hybridized carbons (Fsp3) is 0.188. The number of hydrogen-bond donors (Lipinski definition) is 3. The predicted octanol–water partition coefficient (Wildman–Crippen LogP) is 6.23. The van der Waals surface area contributed by atoms with E-state index in [1.54, 1.807) is 22.6 Å². The topological polar surface area (TPSA) is 121 Å². The van der Waals surface area contributed by atoms with Gasteiger partial charge in [-0.15, -0.1) is 11.3 Å². The highest BCUT2D eigenvalue weighted by Crippen LogP contribution is 2.36. The van der Waals surface area contributed by atoms with Crippen molar-refractivity contribution in [1.29, 1.82) is 0 Å². The number of rotatable bonds is 7. The number of carbonyl (C=O) groups is 2. The van der Waals surface area contributed by atoms with Gasteiger partial charge in [0.05, 0.1) is 43.3 Å². The molecule has 1 saturated heterocycles. The van der Waals surface area contributed by atoms with Crippen LogP contribution < -0.4 is 5.32 Å². The zero-order chi connectivity index (χ0) is 29.3. The van der Waals surface area contributed by atoms with Gasteiger partial charge in [-0.2, -0.15) is 0 Å². The second kappa shape index (κ2) is 11.3. The number of hydrogen-bond acceptors (Lipinski definition) is 6. The van der Waals surface area contributed by atoms with Crippen LogP contribution >= 0.6 is 11.3 Å². The monoisotopic (exact) mass is 591 g/mol. The third-order valence-corrected chi connectivity index (χ3v) is 8.93. The number of nitrogens with one attached hydrogen (secondary N) is 3. The normalized spacial score (nSPS) is 15.6. The van der Waals surface area contributed by atoms with Crippen LogP contribution in [0.4, 0.5) is 4.79 Å². The number of aromatic nitrogens is 5. The number of amides is 2. The molecule has 10 nitrogen and oxygen atoms in total. The Labute approximate surface area is 251 Å². The SMILES string of the molecule is COC(=O)N[C@@H](C(=O)N1CCCC1c1ncc(-c2ccc(-n3ccc4c(-c5cnc[nH]5)csc43)cc2)[nH]1)c1ccccc1. The van der Waals surface area contributed by atoms with Crippen LogP contribution in [0.15, 0.2) is 91.0 Å². The zero-order valence-electron chi connectivity index (χ0n) is 23.4. The molecule has 43 heavy (non-hydrogen) atoms. The average Bonchev–Trinajstić information content (AvgIpc) is 3.88. The largest absolute Gasteiger partial charge is 0.453 e. The summed E-state index contributed by atoms with van der Waals surface area (Å²) in [6.07, 6.45) is 8.42. The van der Waals surface area contributed by atoms with E-state index in [1.807, 2.05) is 42.7 Å². The smallest absolute Gasteiger partial charge is 0.407 e. The molecule has 7 rings (SSSR count). The number of thiophene rings is 1. The van der Waals surface area contributed by atoms with Crippen LogP contribution in [0.25, 0.3) is 38.4 Å². The Kier molecular flexibility index (Phi) is 6.99. The lowest BCUT2D eigenvalue weighted by Gasteiger charge is -2.28. The molecule has 1 unspecified atom stereocenters. The maximum atomic E-state index is 13.8. The molecular formula is C32H29N7O3S. The molecule has 0 aliphatic carbocycles. The maximum Gasteiger partial charge on any atom is 0.407 e. The van der Waals surface area contributed by atoms with Gasteiger partial charge in [-0.3, -0.25) is 4.79 Å². The van der Waals surface area contributed by atoms with E-state index in [9.17, 15) is 9.59 Å². The first-order valence-electron chi connectivity index (χ1n) is 14.0. The third-order valence-electron chi connectivity index (χ3n) is 7.94. The summed E-state index contributed by atoms with van der Waals surface area (Å²) in [7, 11) is 1.29. The molecule has 0 saturated carbocycles. The molecule has 0 radical (unpaired) electrons. The van der Waals surface area contributed by atoms with Crippen LogP contribution in [0.5, 0.6) is 0 Å². The van der Waals surface area contributed by atoms with E-state index in [-0.39, 0.29) is 11.9 Å². The van der Waals surface area contributed by atoms with Crippen LogP contribution in [0.2, 0.25) is 0 Å². The summed E-state index contributed by atoms with van der Waals surface area (Å²) in [5, 5.41) is 6.05. The number of nitrogens with zero attached hydrogens (tertiary/aromatic N) is 4. The summed E-state index contributed by atoms with van der Waals surface area (Å²) in [4.78, 5) is 44.4. The summed E-state index contributed by atoms with van der Waals surface area (Å²) in [5.74, 6) is 0.538. The number of methoxy groups -OCH3 is 1. The molecule has 0 bridgehead atoms. The molecule has 11 heteroatoms. The summed E-state index contributed by atoms with van der Waals surface area (Å²) in [6.45, 7) is 0.580. The number of carbonyl (C=O) groups excluding carboxylic acids is 2. The first-order valence-corrected chi connectivity index (χ1v) is 14.9. The van der Waals surface area contributed by atoms with Crippen molar-refractivity contribution in [2.45, 2.75) is 24.9 Å². The van der Waals surface area contributed by atoms with Gasteiger partial charge in [-0.25, -0.2) is 14.8 Å². The van der Waals surface area contributed by atoms with Crippen molar-refractivity contribution < 1.29 is 14.3 Å². The number of alkyl carbamates (subject to hydrolysis) is 1. The molecular weight excluding hydrogens is 562 g/mol. The van der Waals surface area contributed by atoms with E-state index in [0.29, 0.717) is 12.1 Å². The number of H-pyrrole nitrogens is 2. The lowest BCUT2D eigenvalue weighted by Crippen LogP contribution is -2.42. The van der Waals surface area contributed by atoms with Crippen molar-refractivity contribution in [2.75, 3.05) is 13.7 Å². The molecule has 5 heterocycles. The van der Waals surface area contributed by atoms with Gasteiger partial charge in [0.25, 0.3) is 5.91 Å². The maximum absolute atomic E-state index is 13.8. The van der Waals surface area contributed by atoms with Crippen LogP contribution in [0.1, 0.15) is 36.3 Å².